The van der Waals surface area contributed by atoms with Crippen molar-refractivity contribution in [3.8, 4) is 5.75 Å². The molecule has 0 spiro atoms. The predicted octanol–water partition coefficient (Wildman–Crippen LogP) is 2.17. The fraction of sp³-hybridized carbons (Fsp3) is 0.222. The highest BCUT2D eigenvalue weighted by atomic mass is 35.5. The van der Waals surface area contributed by atoms with E-state index in [2.05, 4.69) is 0 Å². The van der Waals surface area contributed by atoms with Crippen molar-refractivity contribution in [3.05, 3.63) is 28.3 Å². The van der Waals surface area contributed by atoms with Crippen LogP contribution in [0.2, 0.25) is 5.02 Å². The molecule has 0 aromatic heterocycles. The molecule has 1 N–H and O–H groups in total. The Bertz CT molecular complexity index is 358. The van der Waals surface area contributed by atoms with Crippen molar-refractivity contribution in [2.24, 2.45) is 0 Å². The van der Waals surface area contributed by atoms with Crippen LogP contribution in [0.1, 0.15) is 22.3 Å². The van der Waals surface area contributed by atoms with Crippen molar-refractivity contribution in [1.82, 2.24) is 0 Å². The summed E-state index contributed by atoms with van der Waals surface area (Å²) >= 11 is 5.66. The van der Waals surface area contributed by atoms with Gasteiger partial charge in [-0.15, -0.1) is 0 Å². The lowest BCUT2D eigenvalue weighted by Crippen LogP contribution is -1.90. The van der Waals surface area contributed by atoms with E-state index in [-0.39, 0.29) is 16.6 Å². The minimum atomic E-state index is 0.0603. The van der Waals surface area contributed by atoms with Crippen LogP contribution in [0.3, 0.4) is 0 Å². The molecule has 0 fully saturated rings. The summed E-state index contributed by atoms with van der Waals surface area (Å²) in [5, 5.41) is 9.48. The molecule has 0 radical (unpaired) electrons. The smallest absolute Gasteiger partial charge is 0.163 e. The number of hydrogen-bond acceptors (Lipinski definition) is 2. The second-order valence-corrected chi connectivity index (χ2v) is 3.29. The van der Waals surface area contributed by atoms with E-state index in [1.54, 1.807) is 12.1 Å². The van der Waals surface area contributed by atoms with E-state index in [4.69, 9.17) is 11.6 Å². The summed E-state index contributed by atoms with van der Waals surface area (Å²) in [6, 6.07) is 3.12. The lowest BCUT2D eigenvalue weighted by atomic mass is 10.1. The average Bonchev–Trinajstić information content (AvgIpc) is 2.35. The van der Waals surface area contributed by atoms with Crippen LogP contribution < -0.4 is 0 Å². The van der Waals surface area contributed by atoms with Gasteiger partial charge < -0.3 is 5.11 Å². The maximum Gasteiger partial charge on any atom is 0.163 e. The van der Waals surface area contributed by atoms with Crippen molar-refractivity contribution < 1.29 is 9.90 Å². The first kappa shape index (κ1) is 7.62. The number of benzene rings is 1. The van der Waals surface area contributed by atoms with Gasteiger partial charge in [-0.2, -0.15) is 0 Å². The molecule has 0 unspecified atom stereocenters. The van der Waals surface area contributed by atoms with Gasteiger partial charge in [-0.25, -0.2) is 0 Å². The monoisotopic (exact) mass is 182 g/mol. The number of aromatic hydroxyl groups is 1. The number of ketones is 1. The molecular formula is C9H7ClO2. The van der Waals surface area contributed by atoms with Gasteiger partial charge in [-0.3, -0.25) is 4.79 Å². The number of Topliss-reactive ketones (excluding diaryl/α,β-unsaturated/α-hetero) is 1. The first-order chi connectivity index (χ1) is 5.68. The zero-order valence-corrected chi connectivity index (χ0v) is 7.06. The lowest BCUT2D eigenvalue weighted by molar-refractivity contribution is 0.0994. The van der Waals surface area contributed by atoms with E-state index in [0.29, 0.717) is 12.0 Å². The van der Waals surface area contributed by atoms with E-state index in [1.165, 1.54) is 0 Å². The van der Waals surface area contributed by atoms with Gasteiger partial charge in [-0.1, -0.05) is 11.6 Å². The largest absolute Gasteiger partial charge is 0.506 e. The number of fused-ring (bicyclic) bond motifs is 1. The highest BCUT2D eigenvalue weighted by Crippen LogP contribution is 2.31. The fourth-order valence-corrected chi connectivity index (χ4v) is 1.62. The van der Waals surface area contributed by atoms with Crippen molar-refractivity contribution >= 4 is 17.4 Å². The van der Waals surface area contributed by atoms with Gasteiger partial charge in [0, 0.05) is 12.0 Å². The van der Waals surface area contributed by atoms with Crippen LogP contribution in [0.15, 0.2) is 12.1 Å². The van der Waals surface area contributed by atoms with Gasteiger partial charge in [0.25, 0.3) is 0 Å². The third-order valence-corrected chi connectivity index (χ3v) is 2.40. The third kappa shape index (κ3) is 0.994. The average molecular weight is 183 g/mol. The van der Waals surface area contributed by atoms with Crippen LogP contribution in [-0.4, -0.2) is 10.9 Å². The van der Waals surface area contributed by atoms with Crippen LogP contribution >= 0.6 is 11.6 Å². The molecule has 12 heavy (non-hydrogen) atoms. The van der Waals surface area contributed by atoms with Gasteiger partial charge in [-0.05, 0) is 24.1 Å². The van der Waals surface area contributed by atoms with Crippen LogP contribution in [-0.2, 0) is 6.42 Å². The normalized spacial score (nSPS) is 14.9. The maximum atomic E-state index is 11.2. The zero-order chi connectivity index (χ0) is 8.72. The molecule has 0 saturated heterocycles. The number of rotatable bonds is 0. The highest BCUT2D eigenvalue weighted by molar-refractivity contribution is 6.32. The molecular weight excluding hydrogens is 176 g/mol. The SMILES string of the molecule is O=C1CCc2cc(O)c(Cl)cc21. The molecule has 62 valence electrons. The summed E-state index contributed by atoms with van der Waals surface area (Å²) in [6.45, 7) is 0. The summed E-state index contributed by atoms with van der Waals surface area (Å²) in [5.41, 5.74) is 1.57. The van der Waals surface area contributed by atoms with Crippen molar-refractivity contribution in [2.75, 3.05) is 0 Å². The van der Waals surface area contributed by atoms with Crippen LogP contribution in [0.4, 0.5) is 0 Å². The van der Waals surface area contributed by atoms with Gasteiger partial charge in [0.15, 0.2) is 5.78 Å². The van der Waals surface area contributed by atoms with Crippen LogP contribution in [0.25, 0.3) is 0 Å². The number of carbonyl (C=O) groups excluding carboxylic acids is 1. The molecule has 0 heterocycles. The molecule has 1 aromatic carbocycles. The summed E-state index contributed by atoms with van der Waals surface area (Å²) in [6.07, 6.45) is 1.26. The summed E-state index contributed by atoms with van der Waals surface area (Å²) in [4.78, 5) is 11.2. The Balaban J connectivity index is 2.63. The van der Waals surface area contributed by atoms with E-state index in [0.717, 1.165) is 12.0 Å². The standard InChI is InChI=1S/C9H7ClO2/c10-7-4-6-5(3-9(7)12)1-2-8(6)11/h3-4,12H,1-2H2. The molecule has 1 aliphatic carbocycles. The van der Waals surface area contributed by atoms with Gasteiger partial charge in [0.05, 0.1) is 5.02 Å². The Morgan fingerprint density at radius 3 is 2.83 bits per heavy atom. The number of carbonyl (C=O) groups is 1. The molecule has 2 nitrogen and oxygen atoms in total. The molecule has 2 rings (SSSR count). The number of phenolic OH excluding ortho intramolecular Hbond substituents is 1. The Hall–Kier alpha value is -1.02. The summed E-state index contributed by atoms with van der Waals surface area (Å²) < 4.78 is 0. The highest BCUT2D eigenvalue weighted by Gasteiger charge is 2.20. The molecule has 0 aliphatic heterocycles. The zero-order valence-electron chi connectivity index (χ0n) is 6.30. The van der Waals surface area contributed by atoms with Crippen LogP contribution in [0, 0.1) is 0 Å². The van der Waals surface area contributed by atoms with E-state index < -0.39 is 0 Å². The number of halogens is 1. The Labute approximate surface area is 74.8 Å². The fourth-order valence-electron chi connectivity index (χ4n) is 1.45. The Morgan fingerprint density at radius 2 is 2.08 bits per heavy atom. The first-order valence-electron chi connectivity index (χ1n) is 3.73. The van der Waals surface area contributed by atoms with Crippen LogP contribution in [0.5, 0.6) is 5.75 Å². The second-order valence-electron chi connectivity index (χ2n) is 2.88. The topological polar surface area (TPSA) is 37.3 Å². The summed E-state index contributed by atoms with van der Waals surface area (Å²) in [5.74, 6) is 0.178. The third-order valence-electron chi connectivity index (χ3n) is 2.09. The van der Waals surface area contributed by atoms with Crippen molar-refractivity contribution in [3.63, 3.8) is 0 Å². The lowest BCUT2D eigenvalue weighted by Gasteiger charge is -2.00. The minimum absolute atomic E-state index is 0.0603. The second kappa shape index (κ2) is 2.49. The molecule has 3 heteroatoms. The number of hydrogen-bond donors (Lipinski definition) is 1. The van der Waals surface area contributed by atoms with Gasteiger partial charge in [0.1, 0.15) is 5.75 Å². The quantitative estimate of drug-likeness (QED) is 0.668. The van der Waals surface area contributed by atoms with E-state index in [9.17, 15) is 9.90 Å². The molecule has 0 bridgehead atoms. The molecule has 0 saturated carbocycles. The van der Waals surface area contributed by atoms with E-state index >= 15 is 0 Å². The van der Waals surface area contributed by atoms with Gasteiger partial charge >= 0.3 is 0 Å². The minimum Gasteiger partial charge on any atom is -0.506 e. The molecule has 1 aromatic rings. The van der Waals surface area contributed by atoms with Gasteiger partial charge in [0.2, 0.25) is 0 Å². The van der Waals surface area contributed by atoms with Crippen molar-refractivity contribution in [2.45, 2.75) is 12.8 Å². The summed E-state index contributed by atoms with van der Waals surface area (Å²) in [7, 11) is 0. The maximum absolute atomic E-state index is 11.2. The number of phenols is 1. The predicted molar refractivity (Wildman–Crippen MR) is 45.8 cm³/mol. The molecule has 0 atom stereocenters. The number of aryl methyl sites for hydroxylation is 1. The molecule has 1 aliphatic rings. The Kier molecular flexibility index (Phi) is 1.58. The first-order valence-corrected chi connectivity index (χ1v) is 4.11. The molecule has 0 amide bonds. The van der Waals surface area contributed by atoms with E-state index in [1.807, 2.05) is 0 Å². The Morgan fingerprint density at radius 1 is 1.33 bits per heavy atom. The van der Waals surface area contributed by atoms with Crippen molar-refractivity contribution in [1.29, 1.82) is 0 Å².